The second-order valence-electron chi connectivity index (χ2n) is 6.09. The van der Waals surface area contributed by atoms with Crippen molar-refractivity contribution in [3.63, 3.8) is 0 Å². The molecule has 1 aromatic heterocycles. The highest BCUT2D eigenvalue weighted by Gasteiger charge is 2.44. The molecule has 2 N–H and O–H groups in total. The fraction of sp³-hybridized carbons (Fsp3) is 0.412. The van der Waals surface area contributed by atoms with E-state index in [-0.39, 0.29) is 11.2 Å². The minimum absolute atomic E-state index is 0.0357. The van der Waals surface area contributed by atoms with Crippen molar-refractivity contribution in [2.75, 3.05) is 13.6 Å². The van der Waals surface area contributed by atoms with Crippen molar-refractivity contribution in [1.29, 1.82) is 0 Å². The molecule has 2 aromatic rings. The van der Waals surface area contributed by atoms with E-state index in [1.54, 1.807) is 23.9 Å². The molecule has 3 rings (SSSR count). The van der Waals surface area contributed by atoms with E-state index >= 15 is 0 Å². The summed E-state index contributed by atoms with van der Waals surface area (Å²) in [5.41, 5.74) is 2.20. The quantitative estimate of drug-likeness (QED) is 0.655. The Labute approximate surface area is 135 Å². The summed E-state index contributed by atoms with van der Waals surface area (Å²) in [6.45, 7) is 1.42. The van der Waals surface area contributed by atoms with E-state index in [9.17, 15) is 4.39 Å². The zero-order valence-corrected chi connectivity index (χ0v) is 13.5. The van der Waals surface area contributed by atoms with Gasteiger partial charge in [-0.2, -0.15) is 5.10 Å². The molecular formula is C17H22FN5. The third kappa shape index (κ3) is 3.70. The number of guanidine groups is 1. The molecule has 0 unspecified atom stereocenters. The molecule has 122 valence electrons. The smallest absolute Gasteiger partial charge is 0.191 e. The predicted octanol–water partition coefficient (Wildman–Crippen LogP) is 1.96. The lowest BCUT2D eigenvalue weighted by Crippen LogP contribution is -2.40. The molecule has 0 saturated heterocycles. The van der Waals surface area contributed by atoms with Gasteiger partial charge in [-0.05, 0) is 30.5 Å². The minimum atomic E-state index is -0.173. The topological polar surface area (TPSA) is 54.2 Å². The van der Waals surface area contributed by atoms with E-state index in [0.717, 1.165) is 36.5 Å². The first-order chi connectivity index (χ1) is 11.1. The molecule has 0 atom stereocenters. The molecule has 1 saturated carbocycles. The average molecular weight is 315 g/mol. The molecule has 0 aliphatic heterocycles. The summed E-state index contributed by atoms with van der Waals surface area (Å²) in [6.07, 6.45) is 5.94. The lowest BCUT2D eigenvalue weighted by atomic mass is 9.96. The number of halogens is 1. The number of aromatic nitrogens is 2. The zero-order chi connectivity index (χ0) is 16.3. The molecule has 0 bridgehead atoms. The first kappa shape index (κ1) is 15.5. The molecule has 1 aliphatic rings. The largest absolute Gasteiger partial charge is 0.356 e. The third-order valence-corrected chi connectivity index (χ3v) is 4.33. The van der Waals surface area contributed by atoms with E-state index in [1.165, 1.54) is 6.07 Å². The summed E-state index contributed by atoms with van der Waals surface area (Å²) in [5.74, 6) is 0.574. The third-order valence-electron chi connectivity index (χ3n) is 4.33. The first-order valence-corrected chi connectivity index (χ1v) is 7.79. The Kier molecular flexibility index (Phi) is 4.32. The fourth-order valence-electron chi connectivity index (χ4n) is 2.76. The molecular weight excluding hydrogens is 293 g/mol. The van der Waals surface area contributed by atoms with Crippen LogP contribution >= 0.6 is 0 Å². The van der Waals surface area contributed by atoms with Crippen molar-refractivity contribution in [2.45, 2.75) is 24.8 Å². The van der Waals surface area contributed by atoms with Crippen LogP contribution < -0.4 is 10.6 Å². The highest BCUT2D eigenvalue weighted by molar-refractivity contribution is 5.79. The first-order valence-electron chi connectivity index (χ1n) is 7.79. The number of nitrogens with one attached hydrogen (secondary N) is 2. The Hall–Kier alpha value is -2.37. The highest BCUT2D eigenvalue weighted by atomic mass is 19.1. The number of benzene rings is 1. The number of rotatable bonds is 5. The number of aryl methyl sites for hydroxylation is 1. The summed E-state index contributed by atoms with van der Waals surface area (Å²) < 4.78 is 15.2. The van der Waals surface area contributed by atoms with Crippen LogP contribution in [-0.4, -0.2) is 29.3 Å². The van der Waals surface area contributed by atoms with Crippen LogP contribution in [0.2, 0.25) is 0 Å². The van der Waals surface area contributed by atoms with Crippen LogP contribution in [0.4, 0.5) is 4.39 Å². The molecule has 5 nitrogen and oxygen atoms in total. The molecule has 23 heavy (non-hydrogen) atoms. The Morgan fingerprint density at radius 3 is 2.83 bits per heavy atom. The molecule has 6 heteroatoms. The molecule has 1 aliphatic carbocycles. The average Bonchev–Trinajstić information content (AvgIpc) is 3.23. The maximum atomic E-state index is 13.4. The Balaban J connectivity index is 1.56. The van der Waals surface area contributed by atoms with Crippen LogP contribution in [0.3, 0.4) is 0 Å². The normalized spacial score (nSPS) is 16.2. The molecule has 1 fully saturated rings. The maximum absolute atomic E-state index is 13.4. The van der Waals surface area contributed by atoms with Crippen molar-refractivity contribution in [3.05, 3.63) is 53.6 Å². The number of aliphatic imine (C=N–C) groups is 1. The Morgan fingerprint density at radius 2 is 2.22 bits per heavy atom. The summed E-state index contributed by atoms with van der Waals surface area (Å²) >= 11 is 0. The lowest BCUT2D eigenvalue weighted by molar-refractivity contribution is 0.607. The van der Waals surface area contributed by atoms with Gasteiger partial charge in [0, 0.05) is 44.4 Å². The Bertz CT molecular complexity index is 703. The van der Waals surface area contributed by atoms with Gasteiger partial charge in [0.05, 0.1) is 6.20 Å². The van der Waals surface area contributed by atoms with Crippen LogP contribution in [0.15, 0.2) is 41.7 Å². The van der Waals surface area contributed by atoms with Gasteiger partial charge in [-0.25, -0.2) is 4.39 Å². The highest BCUT2D eigenvalue weighted by Crippen LogP contribution is 2.47. The number of nitrogens with zero attached hydrogens (tertiary/aromatic N) is 3. The van der Waals surface area contributed by atoms with Gasteiger partial charge in [-0.3, -0.25) is 9.67 Å². The zero-order valence-electron chi connectivity index (χ0n) is 13.5. The van der Waals surface area contributed by atoms with E-state index in [4.69, 9.17) is 0 Å². The molecule has 0 amide bonds. The molecule has 0 spiro atoms. The van der Waals surface area contributed by atoms with E-state index < -0.39 is 0 Å². The number of hydrogen-bond acceptors (Lipinski definition) is 2. The summed E-state index contributed by atoms with van der Waals surface area (Å²) in [6, 6.07) is 6.91. The van der Waals surface area contributed by atoms with Gasteiger partial charge in [0.2, 0.25) is 0 Å². The SMILES string of the molecule is CN=C(NCc1cnn(C)c1)NCC1(c2cccc(F)c2)CC1. The molecule has 1 heterocycles. The van der Waals surface area contributed by atoms with E-state index in [0.29, 0.717) is 6.54 Å². The van der Waals surface area contributed by atoms with Crippen molar-refractivity contribution >= 4 is 5.96 Å². The predicted molar refractivity (Wildman–Crippen MR) is 88.7 cm³/mol. The van der Waals surface area contributed by atoms with Crippen LogP contribution in [0.5, 0.6) is 0 Å². The van der Waals surface area contributed by atoms with Gasteiger partial charge in [0.25, 0.3) is 0 Å². The lowest BCUT2D eigenvalue weighted by Gasteiger charge is -2.19. The van der Waals surface area contributed by atoms with E-state index in [1.807, 2.05) is 25.5 Å². The second kappa shape index (κ2) is 6.40. The van der Waals surface area contributed by atoms with Gasteiger partial charge in [-0.15, -0.1) is 0 Å². The molecule has 1 aromatic carbocycles. The maximum Gasteiger partial charge on any atom is 0.191 e. The Morgan fingerprint density at radius 1 is 1.39 bits per heavy atom. The van der Waals surface area contributed by atoms with Crippen LogP contribution in [0.25, 0.3) is 0 Å². The summed E-state index contributed by atoms with van der Waals surface area (Å²) in [7, 11) is 3.65. The number of hydrogen-bond donors (Lipinski definition) is 2. The molecule has 0 radical (unpaired) electrons. The fourth-order valence-corrected chi connectivity index (χ4v) is 2.76. The van der Waals surface area contributed by atoms with Crippen molar-refractivity contribution in [3.8, 4) is 0 Å². The van der Waals surface area contributed by atoms with Crippen molar-refractivity contribution in [1.82, 2.24) is 20.4 Å². The monoisotopic (exact) mass is 315 g/mol. The standard InChI is InChI=1S/C17H22FN5/c1-19-16(20-9-13-10-22-23(2)11-13)21-12-17(6-7-17)14-4-3-5-15(18)8-14/h3-5,8,10-11H,6-7,9,12H2,1-2H3,(H2,19,20,21). The summed E-state index contributed by atoms with van der Waals surface area (Å²) in [5, 5.41) is 10.8. The van der Waals surface area contributed by atoms with E-state index in [2.05, 4.69) is 20.7 Å². The van der Waals surface area contributed by atoms with Gasteiger partial charge in [0.1, 0.15) is 5.82 Å². The van der Waals surface area contributed by atoms with Gasteiger partial charge in [0.15, 0.2) is 5.96 Å². The second-order valence-corrected chi connectivity index (χ2v) is 6.09. The van der Waals surface area contributed by atoms with Crippen LogP contribution in [0.1, 0.15) is 24.0 Å². The minimum Gasteiger partial charge on any atom is -0.356 e. The van der Waals surface area contributed by atoms with Crippen LogP contribution in [-0.2, 0) is 19.0 Å². The van der Waals surface area contributed by atoms with Gasteiger partial charge in [-0.1, -0.05) is 12.1 Å². The summed E-state index contributed by atoms with van der Waals surface area (Å²) in [4.78, 5) is 4.25. The van der Waals surface area contributed by atoms with Crippen molar-refractivity contribution in [2.24, 2.45) is 12.0 Å². The van der Waals surface area contributed by atoms with Crippen LogP contribution in [0, 0.1) is 5.82 Å². The van der Waals surface area contributed by atoms with Gasteiger partial charge < -0.3 is 10.6 Å². The van der Waals surface area contributed by atoms with Gasteiger partial charge >= 0.3 is 0 Å². The van der Waals surface area contributed by atoms with Crippen molar-refractivity contribution < 1.29 is 4.39 Å².